The molecule has 94 valence electrons. The number of aliphatic carboxylic acids is 1. The number of urea groups is 1. The lowest BCUT2D eigenvalue weighted by Gasteiger charge is -2.25. The molecule has 0 fully saturated rings. The smallest absolute Gasteiger partial charge is 0.320 e. The van der Waals surface area contributed by atoms with Gasteiger partial charge in [0.25, 0.3) is 0 Å². The summed E-state index contributed by atoms with van der Waals surface area (Å²) in [6.07, 6.45) is 1.81. The maximum atomic E-state index is 11.6. The Morgan fingerprint density at radius 1 is 1.53 bits per heavy atom. The van der Waals surface area contributed by atoms with E-state index >= 15 is 0 Å². The Morgan fingerprint density at radius 2 is 2.24 bits per heavy atom. The molecule has 0 atom stereocenters. The number of anilines is 1. The highest BCUT2D eigenvalue weighted by atomic mass is 32.1. The number of carboxylic acid groups (broad SMARTS) is 1. The fourth-order valence-electron chi connectivity index (χ4n) is 1.15. The van der Waals surface area contributed by atoms with Crippen LogP contribution in [0.1, 0.15) is 26.7 Å². The van der Waals surface area contributed by atoms with Gasteiger partial charge in [0.2, 0.25) is 0 Å². The van der Waals surface area contributed by atoms with Crippen LogP contribution in [0.5, 0.6) is 0 Å². The Morgan fingerprint density at radius 3 is 2.76 bits per heavy atom. The predicted octanol–water partition coefficient (Wildman–Crippen LogP) is 1.30. The van der Waals surface area contributed by atoms with Crippen LogP contribution in [-0.4, -0.2) is 32.2 Å². The van der Waals surface area contributed by atoms with Crippen LogP contribution < -0.4 is 10.6 Å². The van der Waals surface area contributed by atoms with Crippen molar-refractivity contribution in [1.29, 1.82) is 0 Å². The number of amides is 2. The second-order valence-corrected chi connectivity index (χ2v) is 4.92. The van der Waals surface area contributed by atoms with Gasteiger partial charge in [-0.15, -0.1) is 5.10 Å². The van der Waals surface area contributed by atoms with E-state index in [1.165, 1.54) is 6.20 Å². The number of carboxylic acids is 1. The summed E-state index contributed by atoms with van der Waals surface area (Å²) in [5.41, 5.74) is -0.583. The highest BCUT2D eigenvalue weighted by Gasteiger charge is 2.21. The standard InChI is InChI=1S/C9H14N4O3S/c1-9(2,4-3-7(14)15)12-8(16)11-6-5-10-13-17-6/h5H,3-4H2,1-2H3,(H,14,15)(H2,11,12,16). The fraction of sp³-hybridized carbons (Fsp3) is 0.556. The minimum atomic E-state index is -0.882. The monoisotopic (exact) mass is 258 g/mol. The highest BCUT2D eigenvalue weighted by molar-refractivity contribution is 7.10. The highest BCUT2D eigenvalue weighted by Crippen LogP contribution is 2.13. The van der Waals surface area contributed by atoms with Crippen molar-refractivity contribution in [1.82, 2.24) is 14.9 Å². The van der Waals surface area contributed by atoms with Crippen molar-refractivity contribution in [3.8, 4) is 0 Å². The molecule has 8 heteroatoms. The van der Waals surface area contributed by atoms with Crippen LogP contribution in [0.15, 0.2) is 6.20 Å². The van der Waals surface area contributed by atoms with Gasteiger partial charge in [0.05, 0.1) is 6.20 Å². The van der Waals surface area contributed by atoms with Gasteiger partial charge < -0.3 is 10.4 Å². The Hall–Kier alpha value is -1.70. The molecule has 0 spiro atoms. The molecule has 0 unspecified atom stereocenters. The van der Waals surface area contributed by atoms with E-state index < -0.39 is 17.5 Å². The third-order valence-corrected chi connectivity index (χ3v) is 2.59. The van der Waals surface area contributed by atoms with Gasteiger partial charge in [-0.05, 0) is 20.3 Å². The predicted molar refractivity (Wildman–Crippen MR) is 63.0 cm³/mol. The average molecular weight is 258 g/mol. The van der Waals surface area contributed by atoms with E-state index in [2.05, 4.69) is 20.2 Å². The molecule has 2 amide bonds. The molecule has 0 bridgehead atoms. The molecule has 1 aromatic heterocycles. The van der Waals surface area contributed by atoms with Crippen LogP contribution in [0.3, 0.4) is 0 Å². The van der Waals surface area contributed by atoms with Crippen molar-refractivity contribution in [2.75, 3.05) is 5.32 Å². The second-order valence-electron chi connectivity index (χ2n) is 4.14. The lowest BCUT2D eigenvalue weighted by atomic mass is 9.99. The zero-order valence-electron chi connectivity index (χ0n) is 9.56. The van der Waals surface area contributed by atoms with Crippen LogP contribution in [-0.2, 0) is 4.79 Å². The summed E-state index contributed by atoms with van der Waals surface area (Å²) in [5.74, 6) is -0.882. The number of hydrogen-bond acceptors (Lipinski definition) is 5. The zero-order chi connectivity index (χ0) is 12.9. The maximum absolute atomic E-state index is 11.6. The van der Waals surface area contributed by atoms with Crippen LogP contribution in [0.2, 0.25) is 0 Å². The third-order valence-electron chi connectivity index (χ3n) is 2.01. The molecular formula is C9H14N4O3S. The number of carbonyl (C=O) groups excluding carboxylic acids is 1. The minimum absolute atomic E-state index is 0.00932. The molecule has 0 aliphatic carbocycles. The van der Waals surface area contributed by atoms with Crippen molar-refractivity contribution in [2.24, 2.45) is 0 Å². The van der Waals surface area contributed by atoms with Crippen LogP contribution >= 0.6 is 11.5 Å². The van der Waals surface area contributed by atoms with Gasteiger partial charge in [0.15, 0.2) is 0 Å². The normalized spacial score (nSPS) is 10.9. The topological polar surface area (TPSA) is 104 Å². The van der Waals surface area contributed by atoms with E-state index in [0.29, 0.717) is 11.4 Å². The first-order chi connectivity index (χ1) is 7.89. The maximum Gasteiger partial charge on any atom is 0.320 e. The lowest BCUT2D eigenvalue weighted by molar-refractivity contribution is -0.137. The van der Waals surface area contributed by atoms with E-state index in [9.17, 15) is 9.59 Å². The summed E-state index contributed by atoms with van der Waals surface area (Å²) in [5, 5.41) is 17.9. The molecule has 3 N–H and O–H groups in total. The number of aromatic nitrogens is 2. The van der Waals surface area contributed by atoms with Crippen molar-refractivity contribution >= 4 is 28.5 Å². The molecular weight excluding hydrogens is 244 g/mol. The lowest BCUT2D eigenvalue weighted by Crippen LogP contribution is -2.45. The quantitative estimate of drug-likeness (QED) is 0.738. The van der Waals surface area contributed by atoms with Gasteiger partial charge in [-0.3, -0.25) is 10.1 Å². The number of hydrogen-bond donors (Lipinski definition) is 3. The van der Waals surface area contributed by atoms with Crippen LogP contribution in [0.25, 0.3) is 0 Å². The largest absolute Gasteiger partial charge is 0.481 e. The van der Waals surface area contributed by atoms with E-state index in [-0.39, 0.29) is 6.42 Å². The Kier molecular flexibility index (Phi) is 4.38. The summed E-state index contributed by atoms with van der Waals surface area (Å²) in [6, 6.07) is -0.397. The van der Waals surface area contributed by atoms with E-state index in [4.69, 9.17) is 5.11 Å². The molecule has 0 aromatic carbocycles. The third kappa shape index (κ3) is 5.25. The SMILES string of the molecule is CC(C)(CCC(=O)O)NC(=O)Nc1cnns1. The molecule has 0 aliphatic rings. The molecule has 0 saturated heterocycles. The Bertz CT molecular complexity index is 391. The van der Waals surface area contributed by atoms with Gasteiger partial charge >= 0.3 is 12.0 Å². The summed E-state index contributed by atoms with van der Waals surface area (Å²) < 4.78 is 3.60. The van der Waals surface area contributed by atoms with Crippen molar-refractivity contribution < 1.29 is 14.7 Å². The molecule has 1 rings (SSSR count). The number of rotatable bonds is 5. The van der Waals surface area contributed by atoms with Gasteiger partial charge in [-0.25, -0.2) is 4.79 Å². The van der Waals surface area contributed by atoms with E-state index in [0.717, 1.165) is 11.5 Å². The first kappa shape index (κ1) is 13.4. The molecule has 0 radical (unpaired) electrons. The number of carbonyl (C=O) groups is 2. The summed E-state index contributed by atoms with van der Waals surface area (Å²) in [7, 11) is 0. The van der Waals surface area contributed by atoms with Crippen LogP contribution in [0.4, 0.5) is 9.80 Å². The molecule has 1 aromatic rings. The molecule has 0 aliphatic heterocycles. The number of nitrogens with zero attached hydrogens (tertiary/aromatic N) is 2. The second kappa shape index (κ2) is 5.58. The molecule has 7 nitrogen and oxygen atoms in total. The van der Waals surface area contributed by atoms with E-state index in [1.54, 1.807) is 13.8 Å². The summed E-state index contributed by atoms with van der Waals surface area (Å²) in [6.45, 7) is 3.53. The Balaban J connectivity index is 2.41. The first-order valence-corrected chi connectivity index (χ1v) is 5.75. The number of nitrogens with one attached hydrogen (secondary N) is 2. The average Bonchev–Trinajstić information content (AvgIpc) is 2.66. The van der Waals surface area contributed by atoms with Gasteiger partial charge in [0, 0.05) is 23.5 Å². The molecule has 0 saturated carbocycles. The van der Waals surface area contributed by atoms with Crippen molar-refractivity contribution in [3.05, 3.63) is 6.20 Å². The van der Waals surface area contributed by atoms with Crippen molar-refractivity contribution in [2.45, 2.75) is 32.2 Å². The summed E-state index contributed by atoms with van der Waals surface area (Å²) >= 11 is 1.07. The van der Waals surface area contributed by atoms with Gasteiger partial charge in [-0.2, -0.15) is 0 Å². The summed E-state index contributed by atoms with van der Waals surface area (Å²) in [4.78, 5) is 22.0. The molecule has 1 heterocycles. The fourth-order valence-corrected chi connectivity index (χ4v) is 1.57. The zero-order valence-corrected chi connectivity index (χ0v) is 10.4. The Labute approximate surface area is 102 Å². The van der Waals surface area contributed by atoms with Crippen LogP contribution in [0, 0.1) is 0 Å². The van der Waals surface area contributed by atoms with Gasteiger partial charge in [0.1, 0.15) is 5.00 Å². The molecule has 17 heavy (non-hydrogen) atoms. The first-order valence-electron chi connectivity index (χ1n) is 4.97. The minimum Gasteiger partial charge on any atom is -0.481 e. The van der Waals surface area contributed by atoms with E-state index in [1.807, 2.05) is 0 Å². The van der Waals surface area contributed by atoms with Crippen molar-refractivity contribution in [3.63, 3.8) is 0 Å². The van der Waals surface area contributed by atoms with Gasteiger partial charge in [-0.1, -0.05) is 4.49 Å².